The van der Waals surface area contributed by atoms with E-state index in [1.807, 2.05) is 5.32 Å². The van der Waals surface area contributed by atoms with E-state index in [1.54, 1.807) is 0 Å². The molecule has 1 N–H and O–H groups in total. The zero-order valence-electron chi connectivity index (χ0n) is 18.3. The molecule has 1 atom stereocenters. The summed E-state index contributed by atoms with van der Waals surface area (Å²) in [6.45, 7) is -0.977. The van der Waals surface area contributed by atoms with Crippen LogP contribution in [0.15, 0.2) is 36.4 Å². The Balaban J connectivity index is 2.35. The maximum absolute atomic E-state index is 13.7. The Hall–Kier alpha value is -2.37. The summed E-state index contributed by atoms with van der Waals surface area (Å²) in [5.41, 5.74) is -2.97. The van der Waals surface area contributed by atoms with Gasteiger partial charge in [-0.15, -0.1) is 0 Å². The molecule has 0 bridgehead atoms. The van der Waals surface area contributed by atoms with E-state index in [1.165, 1.54) is 0 Å². The molecule has 0 aliphatic carbocycles. The topological polar surface area (TPSA) is 46.2 Å². The van der Waals surface area contributed by atoms with Crippen LogP contribution in [0.2, 0.25) is 15.1 Å². The Kier molecular flexibility index (Phi) is 10.4. The molecule has 0 aromatic heterocycles. The van der Waals surface area contributed by atoms with Gasteiger partial charge in [-0.25, -0.2) is 8.78 Å². The molecular formula is C23H16Cl3F8NO2. The number of alkyl halides is 8. The second-order valence-electron chi connectivity index (χ2n) is 7.60. The summed E-state index contributed by atoms with van der Waals surface area (Å²) < 4.78 is 106. The van der Waals surface area contributed by atoms with Crippen molar-refractivity contribution in [2.45, 2.75) is 37.5 Å². The molecule has 0 aliphatic rings. The average molecular weight is 597 g/mol. The number of carbonyl (C=O) groups is 2. The van der Waals surface area contributed by atoms with Gasteiger partial charge in [0.1, 0.15) is 0 Å². The molecule has 1 unspecified atom stereocenters. The van der Waals surface area contributed by atoms with Gasteiger partial charge in [-0.3, -0.25) is 9.59 Å². The van der Waals surface area contributed by atoms with E-state index in [-0.39, 0.29) is 20.6 Å². The van der Waals surface area contributed by atoms with Crippen molar-refractivity contribution >= 4 is 52.6 Å². The molecular weight excluding hydrogens is 581 g/mol. The Morgan fingerprint density at radius 3 is 2.03 bits per heavy atom. The minimum absolute atomic E-state index is 0.168. The van der Waals surface area contributed by atoms with Crippen LogP contribution in [0.5, 0.6) is 0 Å². The van der Waals surface area contributed by atoms with Gasteiger partial charge in [0.05, 0.1) is 33.1 Å². The lowest BCUT2D eigenvalue weighted by molar-refractivity contribution is -0.139. The fraction of sp³-hybridized carbons (Fsp3) is 0.304. The zero-order valence-corrected chi connectivity index (χ0v) is 20.6. The first kappa shape index (κ1) is 30.9. The number of Topliss-reactive ketones (excluding diaryl/α,β-unsaturated/α-hetero) is 1. The highest BCUT2D eigenvalue weighted by Crippen LogP contribution is 2.41. The fourth-order valence-corrected chi connectivity index (χ4v) is 3.77. The third-order valence-corrected chi connectivity index (χ3v) is 6.08. The molecule has 0 heterocycles. The van der Waals surface area contributed by atoms with Gasteiger partial charge in [0, 0.05) is 18.4 Å². The molecule has 14 heteroatoms. The summed E-state index contributed by atoms with van der Waals surface area (Å²) in [7, 11) is 0. The van der Waals surface area contributed by atoms with Crippen molar-refractivity contribution in [2.75, 3.05) is 6.54 Å². The van der Waals surface area contributed by atoms with Gasteiger partial charge in [-0.1, -0.05) is 59.1 Å². The molecule has 37 heavy (non-hydrogen) atoms. The van der Waals surface area contributed by atoms with Gasteiger partial charge in [0.15, 0.2) is 5.78 Å². The third kappa shape index (κ3) is 8.86. The first-order valence-electron chi connectivity index (χ1n) is 10.2. The van der Waals surface area contributed by atoms with Crippen molar-refractivity contribution in [3.8, 4) is 0 Å². The first-order chi connectivity index (χ1) is 17.0. The molecule has 2 rings (SSSR count). The van der Waals surface area contributed by atoms with Gasteiger partial charge in [-0.2, -0.15) is 26.3 Å². The number of benzene rings is 2. The molecule has 0 fully saturated rings. The van der Waals surface area contributed by atoms with E-state index in [0.717, 1.165) is 30.3 Å². The predicted octanol–water partition coefficient (Wildman–Crippen LogP) is 8.37. The maximum atomic E-state index is 13.7. The maximum Gasteiger partial charge on any atom is 0.417 e. The molecule has 3 nitrogen and oxygen atoms in total. The SMILES string of the molecule is O=C(CCC(=O)c1ccc(/C=C/C(c2cc(Cl)c(Cl)c(Cl)c2)C(F)(F)F)cc1C(F)(F)F)NCC(F)F. The highest BCUT2D eigenvalue weighted by Gasteiger charge is 2.40. The van der Waals surface area contributed by atoms with Crippen LogP contribution in [-0.2, 0) is 11.0 Å². The Morgan fingerprint density at radius 2 is 1.51 bits per heavy atom. The summed E-state index contributed by atoms with van der Waals surface area (Å²) in [4.78, 5) is 23.8. The Labute approximate surface area is 220 Å². The number of rotatable bonds is 9. The van der Waals surface area contributed by atoms with Crippen LogP contribution >= 0.6 is 34.8 Å². The van der Waals surface area contributed by atoms with Crippen LogP contribution in [0.1, 0.15) is 45.8 Å². The molecule has 202 valence electrons. The first-order valence-corrected chi connectivity index (χ1v) is 11.3. The highest BCUT2D eigenvalue weighted by atomic mass is 35.5. The normalized spacial score (nSPS) is 13.3. The predicted molar refractivity (Wildman–Crippen MR) is 123 cm³/mol. The number of hydrogen-bond acceptors (Lipinski definition) is 2. The number of carbonyl (C=O) groups excluding carboxylic acids is 2. The Bertz CT molecular complexity index is 1160. The summed E-state index contributed by atoms with van der Waals surface area (Å²) in [5.74, 6) is -4.36. The molecule has 1 amide bonds. The number of allylic oxidation sites excluding steroid dienone is 1. The quantitative estimate of drug-likeness (QED) is 0.180. The molecule has 0 spiro atoms. The summed E-state index contributed by atoms with van der Waals surface area (Å²) >= 11 is 17.4. The van der Waals surface area contributed by atoms with Gasteiger partial charge < -0.3 is 5.32 Å². The van der Waals surface area contributed by atoms with Crippen molar-refractivity contribution in [3.63, 3.8) is 0 Å². The number of hydrogen-bond donors (Lipinski definition) is 1. The number of halogens is 11. The van der Waals surface area contributed by atoms with Crippen molar-refractivity contribution in [3.05, 3.63) is 73.7 Å². The standard InChI is InChI=1S/C23H16Cl3F8NO2/c24-16-8-12(9-17(25)21(16)26)14(22(29,30)31)4-2-11-1-3-13(15(7-11)23(32,33)34)18(36)5-6-20(37)35-10-19(27)28/h1-4,7-9,14,19H,5-6,10H2,(H,35,37)/b4-2+. The largest absolute Gasteiger partial charge is 0.417 e. The van der Waals surface area contributed by atoms with Crippen molar-refractivity contribution < 1.29 is 44.7 Å². The van der Waals surface area contributed by atoms with Crippen LogP contribution in [0, 0.1) is 0 Å². The molecule has 0 radical (unpaired) electrons. The lowest BCUT2D eigenvalue weighted by atomic mass is 9.95. The Morgan fingerprint density at radius 1 is 0.919 bits per heavy atom. The smallest absolute Gasteiger partial charge is 0.350 e. The second kappa shape index (κ2) is 12.4. The number of nitrogens with one attached hydrogen (secondary N) is 1. The van der Waals surface area contributed by atoms with Gasteiger partial charge >= 0.3 is 12.4 Å². The van der Waals surface area contributed by atoms with Crippen molar-refractivity contribution in [1.29, 1.82) is 0 Å². The van der Waals surface area contributed by atoms with Crippen LogP contribution in [0.25, 0.3) is 6.08 Å². The summed E-state index contributed by atoms with van der Waals surface area (Å²) in [6.07, 6.45) is -12.7. The number of ketones is 1. The van der Waals surface area contributed by atoms with Crippen LogP contribution < -0.4 is 5.32 Å². The molecule has 2 aromatic carbocycles. The van der Waals surface area contributed by atoms with E-state index in [0.29, 0.717) is 12.1 Å². The second-order valence-corrected chi connectivity index (χ2v) is 8.79. The number of amides is 1. The van der Waals surface area contributed by atoms with E-state index < -0.39 is 72.5 Å². The average Bonchev–Trinajstić information content (AvgIpc) is 2.78. The highest BCUT2D eigenvalue weighted by molar-refractivity contribution is 6.48. The van der Waals surface area contributed by atoms with Gasteiger partial charge in [0.2, 0.25) is 5.91 Å². The van der Waals surface area contributed by atoms with Crippen molar-refractivity contribution in [2.24, 2.45) is 0 Å². The lowest BCUT2D eigenvalue weighted by Gasteiger charge is -2.18. The molecule has 0 aliphatic heterocycles. The fourth-order valence-electron chi connectivity index (χ4n) is 3.16. The monoisotopic (exact) mass is 595 g/mol. The molecule has 0 saturated carbocycles. The minimum Gasteiger partial charge on any atom is -0.350 e. The van der Waals surface area contributed by atoms with Crippen molar-refractivity contribution in [1.82, 2.24) is 5.32 Å². The summed E-state index contributed by atoms with van der Waals surface area (Å²) in [5, 5.41) is 1.14. The van der Waals surface area contributed by atoms with E-state index >= 15 is 0 Å². The lowest BCUT2D eigenvalue weighted by Crippen LogP contribution is -2.28. The van der Waals surface area contributed by atoms with E-state index in [2.05, 4.69) is 0 Å². The van der Waals surface area contributed by atoms with E-state index in [4.69, 9.17) is 34.8 Å². The minimum atomic E-state index is -5.06. The van der Waals surface area contributed by atoms with Gasteiger partial charge in [0.25, 0.3) is 6.43 Å². The van der Waals surface area contributed by atoms with E-state index in [9.17, 15) is 44.7 Å². The zero-order chi connectivity index (χ0) is 28.1. The third-order valence-electron chi connectivity index (χ3n) is 4.88. The van der Waals surface area contributed by atoms with Crippen LogP contribution in [0.3, 0.4) is 0 Å². The van der Waals surface area contributed by atoms with Crippen LogP contribution in [-0.4, -0.2) is 30.8 Å². The van der Waals surface area contributed by atoms with Gasteiger partial charge in [-0.05, 0) is 29.3 Å². The summed E-state index contributed by atoms with van der Waals surface area (Å²) in [6, 6.07) is 4.10. The molecule has 2 aromatic rings. The molecule has 0 saturated heterocycles. The van der Waals surface area contributed by atoms with Crippen LogP contribution in [0.4, 0.5) is 35.1 Å².